The van der Waals surface area contributed by atoms with Crippen molar-refractivity contribution in [2.45, 2.75) is 39.1 Å². The Morgan fingerprint density at radius 2 is 0.839 bits per heavy atom. The standard InChI is InChI=1S/C50H42O6/c1-6-16-37(17-7-1)32-51-43-29-46(53-34-39-20-10-3-11-21-39)44-31-49(55-36-41-24-14-5-15-25-41)50(56-47(44)30-43)42-26-27-45(52-33-38-18-8-2-9-19-38)48(28-42)54-35-40-22-12-4-13-23-40/h1-31,50H,32-36H2/i50D. The average molecular weight is 740 g/mol. The average Bonchev–Trinajstić information content (AvgIpc) is 3.27. The van der Waals surface area contributed by atoms with Gasteiger partial charge in [0.15, 0.2) is 17.6 Å². The lowest BCUT2D eigenvalue weighted by molar-refractivity contribution is 0.106. The third kappa shape index (κ3) is 9.41. The number of ether oxygens (including phenoxy) is 6. The van der Waals surface area contributed by atoms with Gasteiger partial charge in [-0.1, -0.05) is 158 Å². The Hall–Kier alpha value is -6.92. The van der Waals surface area contributed by atoms with E-state index in [1.165, 1.54) is 0 Å². The zero-order chi connectivity index (χ0) is 38.7. The second-order valence-electron chi connectivity index (χ2n) is 13.3. The highest BCUT2D eigenvalue weighted by Gasteiger charge is 2.30. The van der Waals surface area contributed by atoms with Crippen molar-refractivity contribution in [3.63, 3.8) is 0 Å². The normalized spacial score (nSPS) is 14.6. The molecule has 0 aromatic heterocycles. The van der Waals surface area contributed by atoms with Gasteiger partial charge in [-0.05, 0) is 46.0 Å². The summed E-state index contributed by atoms with van der Waals surface area (Å²) < 4.78 is 49.0. The molecule has 7 aromatic carbocycles. The highest BCUT2D eigenvalue weighted by molar-refractivity contribution is 5.70. The van der Waals surface area contributed by atoms with Crippen LogP contribution in [0.2, 0.25) is 0 Å². The van der Waals surface area contributed by atoms with Gasteiger partial charge in [-0.15, -0.1) is 0 Å². The van der Waals surface area contributed by atoms with Crippen molar-refractivity contribution < 1.29 is 29.8 Å². The van der Waals surface area contributed by atoms with Crippen LogP contribution in [0.5, 0.6) is 28.7 Å². The van der Waals surface area contributed by atoms with Crippen LogP contribution in [0, 0.1) is 0 Å². The van der Waals surface area contributed by atoms with Crippen molar-refractivity contribution >= 4 is 6.08 Å². The van der Waals surface area contributed by atoms with Crippen molar-refractivity contribution in [3.05, 3.63) is 227 Å². The molecule has 0 fully saturated rings. The van der Waals surface area contributed by atoms with Crippen molar-refractivity contribution in [1.82, 2.24) is 0 Å². The van der Waals surface area contributed by atoms with Crippen LogP contribution >= 0.6 is 0 Å². The molecule has 6 nitrogen and oxygen atoms in total. The maximum Gasteiger partial charge on any atom is 0.181 e. The van der Waals surface area contributed by atoms with Gasteiger partial charge in [-0.3, -0.25) is 0 Å². The molecule has 0 bridgehead atoms. The van der Waals surface area contributed by atoms with Crippen molar-refractivity contribution in [2.75, 3.05) is 0 Å². The lowest BCUT2D eigenvalue weighted by Gasteiger charge is -2.29. The highest BCUT2D eigenvalue weighted by atomic mass is 16.5. The number of benzene rings is 7. The van der Waals surface area contributed by atoms with Crippen molar-refractivity contribution in [3.8, 4) is 28.7 Å². The molecule has 0 radical (unpaired) electrons. The maximum atomic E-state index is 10.1. The van der Waals surface area contributed by atoms with Crippen LogP contribution in [-0.4, -0.2) is 0 Å². The van der Waals surface area contributed by atoms with Gasteiger partial charge >= 0.3 is 0 Å². The molecule has 0 saturated heterocycles. The van der Waals surface area contributed by atoms with Crippen LogP contribution in [0.15, 0.2) is 188 Å². The smallest absolute Gasteiger partial charge is 0.181 e. The second-order valence-corrected chi connectivity index (χ2v) is 13.3. The minimum Gasteiger partial charge on any atom is -0.489 e. The predicted molar refractivity (Wildman–Crippen MR) is 219 cm³/mol. The number of hydrogen-bond acceptors (Lipinski definition) is 6. The Balaban J connectivity index is 1.18. The molecular weight excluding hydrogens is 697 g/mol. The summed E-state index contributed by atoms with van der Waals surface area (Å²) >= 11 is 0. The first-order chi connectivity index (χ1) is 28.1. The largest absolute Gasteiger partial charge is 0.489 e. The third-order valence-corrected chi connectivity index (χ3v) is 9.19. The summed E-state index contributed by atoms with van der Waals surface area (Å²) in [6, 6.07) is 58.9. The molecule has 0 saturated carbocycles. The zero-order valence-electron chi connectivity index (χ0n) is 31.9. The van der Waals surface area contributed by atoms with E-state index in [1.54, 1.807) is 0 Å². The second kappa shape index (κ2) is 17.9. The van der Waals surface area contributed by atoms with E-state index < -0.39 is 6.08 Å². The monoisotopic (exact) mass is 739 g/mol. The molecule has 1 aliphatic heterocycles. The summed E-state index contributed by atoms with van der Waals surface area (Å²) in [6.07, 6.45) is 0.0136. The molecule has 7 aromatic rings. The zero-order valence-corrected chi connectivity index (χ0v) is 30.9. The highest BCUT2D eigenvalue weighted by Crippen LogP contribution is 2.46. The van der Waals surface area contributed by atoms with Crippen LogP contribution < -0.4 is 23.7 Å². The Morgan fingerprint density at radius 1 is 0.411 bits per heavy atom. The summed E-state index contributed by atoms with van der Waals surface area (Å²) in [5, 5.41) is 0. The quantitative estimate of drug-likeness (QED) is 0.0984. The molecule has 1 heterocycles. The topological polar surface area (TPSA) is 55.4 Å². The molecular formula is C50H42O6. The minimum atomic E-state index is -1.83. The van der Waals surface area contributed by atoms with Crippen LogP contribution in [0.3, 0.4) is 0 Å². The van der Waals surface area contributed by atoms with E-state index >= 15 is 0 Å². The molecule has 0 aliphatic carbocycles. The third-order valence-electron chi connectivity index (χ3n) is 9.19. The van der Waals surface area contributed by atoms with Crippen LogP contribution in [0.4, 0.5) is 0 Å². The molecule has 278 valence electrons. The summed E-state index contributed by atoms with van der Waals surface area (Å²) in [5.74, 6) is 2.81. The predicted octanol–water partition coefficient (Wildman–Crippen LogP) is 11.7. The Kier molecular flexibility index (Phi) is 11.2. The van der Waals surface area contributed by atoms with Crippen molar-refractivity contribution in [1.29, 1.82) is 0 Å². The lowest BCUT2D eigenvalue weighted by Crippen LogP contribution is -2.18. The van der Waals surface area contributed by atoms with E-state index in [4.69, 9.17) is 28.4 Å². The molecule has 8 rings (SSSR count). The fourth-order valence-corrected chi connectivity index (χ4v) is 6.24. The fourth-order valence-electron chi connectivity index (χ4n) is 6.24. The van der Waals surface area contributed by atoms with Crippen molar-refractivity contribution in [2.24, 2.45) is 0 Å². The first kappa shape index (κ1) is 34.8. The molecule has 1 unspecified atom stereocenters. The Morgan fingerprint density at radius 3 is 1.34 bits per heavy atom. The fraction of sp³-hybridized carbons (Fsp3) is 0.120. The minimum absolute atomic E-state index is 0.222. The van der Waals surface area contributed by atoms with E-state index in [9.17, 15) is 1.37 Å². The van der Waals surface area contributed by atoms with E-state index in [0.29, 0.717) is 66.3 Å². The summed E-state index contributed by atoms with van der Waals surface area (Å²) in [6.45, 7) is 1.54. The van der Waals surface area contributed by atoms with Gasteiger partial charge in [0.25, 0.3) is 0 Å². The lowest BCUT2D eigenvalue weighted by atomic mass is 10.0. The van der Waals surface area contributed by atoms with Gasteiger partial charge in [0.1, 0.15) is 56.0 Å². The molecule has 0 spiro atoms. The van der Waals surface area contributed by atoms with Gasteiger partial charge in [-0.2, -0.15) is 0 Å². The van der Waals surface area contributed by atoms with Gasteiger partial charge in [-0.25, -0.2) is 0 Å². The Labute approximate surface area is 329 Å². The molecule has 6 heteroatoms. The van der Waals surface area contributed by atoms with E-state index in [-0.39, 0.29) is 12.4 Å². The molecule has 56 heavy (non-hydrogen) atoms. The molecule has 0 amide bonds. The summed E-state index contributed by atoms with van der Waals surface area (Å²) in [5.41, 5.74) is 6.14. The van der Waals surface area contributed by atoms with Gasteiger partial charge in [0.05, 0.1) is 6.93 Å². The molecule has 1 atom stereocenters. The maximum absolute atomic E-state index is 10.1. The summed E-state index contributed by atoms with van der Waals surface area (Å²) in [7, 11) is 0. The number of hydrogen-bond donors (Lipinski definition) is 0. The van der Waals surface area contributed by atoms with E-state index in [0.717, 1.165) is 27.8 Å². The van der Waals surface area contributed by atoms with E-state index in [2.05, 4.69) is 0 Å². The van der Waals surface area contributed by atoms with Gasteiger partial charge in [0.2, 0.25) is 0 Å². The molecule has 1 aliphatic rings. The first-order valence-electron chi connectivity index (χ1n) is 19.2. The summed E-state index contributed by atoms with van der Waals surface area (Å²) in [4.78, 5) is 0. The van der Waals surface area contributed by atoms with E-state index in [1.807, 2.05) is 188 Å². The van der Waals surface area contributed by atoms with Crippen LogP contribution in [-0.2, 0) is 37.8 Å². The first-order valence-corrected chi connectivity index (χ1v) is 18.7. The van der Waals surface area contributed by atoms with Crippen LogP contribution in [0.1, 0.15) is 46.4 Å². The Bertz CT molecular complexity index is 2390. The van der Waals surface area contributed by atoms with Crippen LogP contribution in [0.25, 0.3) is 6.08 Å². The van der Waals surface area contributed by atoms with Gasteiger partial charge in [0, 0.05) is 17.7 Å². The SMILES string of the molecule is [2H]C1(c2ccc(OCc3ccccc3)c(OCc3ccccc3)c2)Oc2cc(OCc3ccccc3)cc(OCc3ccccc3)c2C=C1OCc1ccccc1. The van der Waals surface area contributed by atoms with Gasteiger partial charge < -0.3 is 28.4 Å². The molecule has 0 N–H and O–H groups in total. The number of fused-ring (bicyclic) bond motifs is 1. The number of rotatable bonds is 16.